The molecule has 2 N–H and O–H groups in total. The Morgan fingerprint density at radius 2 is 1.73 bits per heavy atom. The van der Waals surface area contributed by atoms with Gasteiger partial charge in [-0.15, -0.1) is 0 Å². The van der Waals surface area contributed by atoms with Gasteiger partial charge in [0.15, 0.2) is 11.5 Å². The molecule has 4 rings (SSSR count). The number of carbonyl (C=O) groups excluding carboxylic acids is 1. The van der Waals surface area contributed by atoms with Crippen LogP contribution in [0.4, 0.5) is 17.3 Å². The minimum absolute atomic E-state index is 0.293. The lowest BCUT2D eigenvalue weighted by atomic mass is 10.1. The molecule has 2 heterocycles. The summed E-state index contributed by atoms with van der Waals surface area (Å²) in [5, 5.41) is 6.12. The summed E-state index contributed by atoms with van der Waals surface area (Å²) in [7, 11) is 4.62. The Morgan fingerprint density at radius 1 is 0.946 bits per heavy atom. The number of methoxy groups -OCH3 is 3. The summed E-state index contributed by atoms with van der Waals surface area (Å²) >= 11 is 0. The van der Waals surface area contributed by atoms with Crippen LogP contribution in [0.3, 0.4) is 0 Å². The van der Waals surface area contributed by atoms with Gasteiger partial charge in [-0.25, -0.2) is 9.97 Å². The first-order chi connectivity index (χ1) is 18.0. The van der Waals surface area contributed by atoms with Crippen molar-refractivity contribution in [1.29, 1.82) is 0 Å². The van der Waals surface area contributed by atoms with Gasteiger partial charge in [0.25, 0.3) is 0 Å². The van der Waals surface area contributed by atoms with Gasteiger partial charge in [0.2, 0.25) is 17.6 Å². The Morgan fingerprint density at radius 3 is 2.41 bits per heavy atom. The average Bonchev–Trinajstić information content (AvgIpc) is 2.93. The third-order valence-electron chi connectivity index (χ3n) is 5.48. The molecule has 0 aliphatic carbocycles. The number of ether oxygens (including phenoxy) is 3. The fourth-order valence-electron chi connectivity index (χ4n) is 3.60. The molecule has 0 saturated heterocycles. The van der Waals surface area contributed by atoms with Crippen molar-refractivity contribution >= 4 is 29.3 Å². The quantitative estimate of drug-likeness (QED) is 0.301. The van der Waals surface area contributed by atoms with Gasteiger partial charge < -0.3 is 24.8 Å². The van der Waals surface area contributed by atoms with Crippen LogP contribution in [0.25, 0.3) is 17.3 Å². The van der Waals surface area contributed by atoms with Crippen molar-refractivity contribution in [2.45, 2.75) is 6.92 Å². The third kappa shape index (κ3) is 6.21. The molecule has 1 amide bonds. The first-order valence-corrected chi connectivity index (χ1v) is 11.4. The van der Waals surface area contributed by atoms with Crippen molar-refractivity contribution in [3.8, 4) is 28.5 Å². The van der Waals surface area contributed by atoms with E-state index in [4.69, 9.17) is 14.2 Å². The lowest BCUT2D eigenvalue weighted by Gasteiger charge is -2.13. The maximum absolute atomic E-state index is 12.6. The number of amides is 1. The van der Waals surface area contributed by atoms with Crippen LogP contribution in [-0.4, -0.2) is 42.2 Å². The van der Waals surface area contributed by atoms with E-state index in [9.17, 15) is 4.79 Å². The van der Waals surface area contributed by atoms with Crippen LogP contribution < -0.4 is 24.8 Å². The fraction of sp³-hybridized carbons (Fsp3) is 0.143. The highest BCUT2D eigenvalue weighted by Gasteiger charge is 2.12. The van der Waals surface area contributed by atoms with Crippen LogP contribution in [-0.2, 0) is 4.79 Å². The van der Waals surface area contributed by atoms with E-state index in [1.54, 1.807) is 51.0 Å². The molecule has 4 aromatic rings. The van der Waals surface area contributed by atoms with Crippen molar-refractivity contribution in [2.75, 3.05) is 32.0 Å². The monoisotopic (exact) mass is 497 g/mol. The van der Waals surface area contributed by atoms with Gasteiger partial charge >= 0.3 is 0 Å². The lowest BCUT2D eigenvalue weighted by Crippen LogP contribution is -2.08. The van der Waals surface area contributed by atoms with E-state index in [1.807, 2.05) is 43.3 Å². The second kappa shape index (κ2) is 11.7. The van der Waals surface area contributed by atoms with E-state index in [1.165, 1.54) is 13.2 Å². The maximum Gasteiger partial charge on any atom is 0.248 e. The summed E-state index contributed by atoms with van der Waals surface area (Å²) in [6.45, 7) is 1.96. The zero-order chi connectivity index (χ0) is 26.2. The SMILES string of the molecule is COc1cc(/C=C/C(=O)Nc2ccc(C)c(Nc3nccc(-c4cccnc4)n3)c2)cc(OC)c1OC. The molecule has 37 heavy (non-hydrogen) atoms. The molecule has 0 fully saturated rings. The predicted octanol–water partition coefficient (Wildman–Crippen LogP) is 5.27. The molecule has 9 nitrogen and oxygen atoms in total. The minimum atomic E-state index is -0.293. The Hall–Kier alpha value is -4.92. The maximum atomic E-state index is 12.6. The van der Waals surface area contributed by atoms with Gasteiger partial charge in [0, 0.05) is 41.6 Å². The van der Waals surface area contributed by atoms with Crippen LogP contribution in [0.1, 0.15) is 11.1 Å². The third-order valence-corrected chi connectivity index (χ3v) is 5.48. The molecule has 0 atom stereocenters. The van der Waals surface area contributed by atoms with E-state index < -0.39 is 0 Å². The highest BCUT2D eigenvalue weighted by molar-refractivity contribution is 6.02. The summed E-state index contributed by atoms with van der Waals surface area (Å²) in [5.41, 5.74) is 4.74. The highest BCUT2D eigenvalue weighted by atomic mass is 16.5. The zero-order valence-electron chi connectivity index (χ0n) is 21.0. The number of nitrogens with one attached hydrogen (secondary N) is 2. The van der Waals surface area contributed by atoms with Crippen LogP contribution >= 0.6 is 0 Å². The summed E-state index contributed by atoms with van der Waals surface area (Å²) in [4.78, 5) is 25.7. The van der Waals surface area contributed by atoms with E-state index in [0.717, 1.165) is 28.1 Å². The number of nitrogens with zero attached hydrogens (tertiary/aromatic N) is 3. The molecule has 0 aliphatic heterocycles. The molecule has 0 unspecified atom stereocenters. The zero-order valence-corrected chi connectivity index (χ0v) is 21.0. The molecule has 9 heteroatoms. The second-order valence-corrected chi connectivity index (χ2v) is 7.94. The molecule has 0 spiro atoms. The van der Waals surface area contributed by atoms with Crippen molar-refractivity contribution in [3.05, 3.63) is 84.3 Å². The normalized spacial score (nSPS) is 10.7. The minimum Gasteiger partial charge on any atom is -0.493 e. The molecular weight excluding hydrogens is 470 g/mol. The van der Waals surface area contributed by atoms with Crippen molar-refractivity contribution in [3.63, 3.8) is 0 Å². The Labute approximate surface area is 215 Å². The van der Waals surface area contributed by atoms with Gasteiger partial charge in [-0.2, -0.15) is 0 Å². The first kappa shape index (κ1) is 25.2. The number of carbonyl (C=O) groups is 1. The molecule has 2 aromatic heterocycles. The number of hydrogen-bond acceptors (Lipinski definition) is 8. The topological polar surface area (TPSA) is 107 Å². The molecule has 0 radical (unpaired) electrons. The molecule has 188 valence electrons. The fourth-order valence-corrected chi connectivity index (χ4v) is 3.60. The van der Waals surface area contributed by atoms with Crippen LogP contribution in [0, 0.1) is 6.92 Å². The average molecular weight is 498 g/mol. The van der Waals surface area contributed by atoms with Gasteiger partial charge in [-0.05, 0) is 66.6 Å². The highest BCUT2D eigenvalue weighted by Crippen LogP contribution is 2.38. The van der Waals surface area contributed by atoms with Crippen molar-refractivity contribution in [2.24, 2.45) is 0 Å². The molecule has 0 saturated carbocycles. The van der Waals surface area contributed by atoms with Gasteiger partial charge in [-0.1, -0.05) is 6.07 Å². The number of aryl methyl sites for hydroxylation is 1. The van der Waals surface area contributed by atoms with Gasteiger partial charge in [0.1, 0.15) is 0 Å². The Kier molecular flexibility index (Phi) is 7.95. The number of anilines is 3. The largest absolute Gasteiger partial charge is 0.493 e. The summed E-state index contributed by atoms with van der Waals surface area (Å²) in [5.74, 6) is 1.65. The van der Waals surface area contributed by atoms with Crippen molar-refractivity contribution < 1.29 is 19.0 Å². The Bertz CT molecular complexity index is 1400. The van der Waals surface area contributed by atoms with E-state index in [2.05, 4.69) is 25.6 Å². The summed E-state index contributed by atoms with van der Waals surface area (Å²) in [6, 6.07) is 14.7. The van der Waals surface area contributed by atoms with E-state index in [-0.39, 0.29) is 5.91 Å². The number of pyridine rings is 1. The number of benzene rings is 2. The predicted molar refractivity (Wildman–Crippen MR) is 143 cm³/mol. The lowest BCUT2D eigenvalue weighted by molar-refractivity contribution is -0.111. The Balaban J connectivity index is 1.48. The van der Waals surface area contributed by atoms with Crippen LogP contribution in [0.2, 0.25) is 0 Å². The number of hydrogen-bond donors (Lipinski definition) is 2. The van der Waals surface area contributed by atoms with E-state index in [0.29, 0.717) is 28.9 Å². The smallest absolute Gasteiger partial charge is 0.248 e. The number of rotatable bonds is 9. The van der Waals surface area contributed by atoms with Crippen LogP contribution in [0.5, 0.6) is 17.2 Å². The molecular formula is C28H27N5O4. The van der Waals surface area contributed by atoms with Gasteiger partial charge in [-0.3, -0.25) is 9.78 Å². The second-order valence-electron chi connectivity index (χ2n) is 7.94. The molecule has 0 bridgehead atoms. The first-order valence-electron chi connectivity index (χ1n) is 11.4. The van der Waals surface area contributed by atoms with E-state index >= 15 is 0 Å². The standard InChI is InChI=1S/C28H27N5O4/c1-18-7-9-21(16-23(18)33-28-30-13-11-22(32-28)20-6-5-12-29-17-20)31-26(34)10-8-19-14-24(35-2)27(37-4)25(15-19)36-3/h5-17H,1-4H3,(H,31,34)(H,30,32,33)/b10-8+. The van der Waals surface area contributed by atoms with Crippen LogP contribution in [0.15, 0.2) is 73.2 Å². The summed E-state index contributed by atoms with van der Waals surface area (Å²) < 4.78 is 16.1. The van der Waals surface area contributed by atoms with Gasteiger partial charge in [0.05, 0.1) is 27.0 Å². The molecule has 0 aliphatic rings. The summed E-state index contributed by atoms with van der Waals surface area (Å²) in [6.07, 6.45) is 8.26. The van der Waals surface area contributed by atoms with Crippen molar-refractivity contribution in [1.82, 2.24) is 15.0 Å². The number of aromatic nitrogens is 3. The molecule has 2 aromatic carbocycles.